The molecule has 1 N–H and O–H groups in total. The van der Waals surface area contributed by atoms with Crippen LogP contribution in [0, 0.1) is 5.92 Å². The lowest BCUT2D eigenvalue weighted by molar-refractivity contribution is 0.0695. The van der Waals surface area contributed by atoms with E-state index in [4.69, 9.17) is 0 Å². The van der Waals surface area contributed by atoms with Crippen molar-refractivity contribution in [1.29, 1.82) is 0 Å². The molecule has 0 saturated heterocycles. The molecule has 0 aliphatic carbocycles. The topological polar surface area (TPSA) is 37.3 Å². The lowest BCUT2D eigenvalue weighted by Gasteiger charge is -2.20. The van der Waals surface area contributed by atoms with E-state index in [0.717, 1.165) is 37.7 Å². The van der Waals surface area contributed by atoms with Crippen LogP contribution in [0.25, 0.3) is 0 Å². The molecule has 0 heterocycles. The van der Waals surface area contributed by atoms with E-state index in [0.29, 0.717) is 11.5 Å². The number of aromatic carboxylic acids is 1. The molecule has 0 spiro atoms. The largest absolute Gasteiger partial charge is 0.478 e. The van der Waals surface area contributed by atoms with Gasteiger partial charge < -0.3 is 5.11 Å². The van der Waals surface area contributed by atoms with Gasteiger partial charge in [0.2, 0.25) is 0 Å². The number of carboxylic acids is 1. The first-order valence-corrected chi connectivity index (χ1v) is 9.91. The Bertz CT molecular complexity index is 505. The third-order valence-electron chi connectivity index (χ3n) is 5.02. The summed E-state index contributed by atoms with van der Waals surface area (Å²) < 4.78 is 0. The lowest BCUT2D eigenvalue weighted by Crippen LogP contribution is -2.12. The molecule has 0 aliphatic rings. The van der Waals surface area contributed by atoms with E-state index in [-0.39, 0.29) is 0 Å². The highest BCUT2D eigenvalue weighted by atomic mass is 16.4. The van der Waals surface area contributed by atoms with Gasteiger partial charge in [-0.15, -0.1) is 0 Å². The van der Waals surface area contributed by atoms with E-state index < -0.39 is 5.97 Å². The third-order valence-corrected chi connectivity index (χ3v) is 5.02. The highest BCUT2D eigenvalue weighted by Crippen LogP contribution is 2.27. The van der Waals surface area contributed by atoms with E-state index >= 15 is 0 Å². The quantitative estimate of drug-likeness (QED) is 0.447. The standard InChI is InChI=1S/C22H36O2/c1-5-8-10-11-12-17(4)16-21-18(7-3)14-15-20(22(23)24)19(21)13-9-6-2/h14-15,17H,5-13,16H2,1-4H3,(H,23,24). The molecule has 0 bridgehead atoms. The van der Waals surface area contributed by atoms with Crippen LogP contribution in [0.4, 0.5) is 0 Å². The summed E-state index contributed by atoms with van der Waals surface area (Å²) in [7, 11) is 0. The van der Waals surface area contributed by atoms with Gasteiger partial charge in [0.15, 0.2) is 0 Å². The highest BCUT2D eigenvalue weighted by molar-refractivity contribution is 5.90. The molecule has 0 fully saturated rings. The van der Waals surface area contributed by atoms with Crippen LogP contribution in [-0.4, -0.2) is 11.1 Å². The van der Waals surface area contributed by atoms with Crippen molar-refractivity contribution < 1.29 is 9.90 Å². The van der Waals surface area contributed by atoms with Gasteiger partial charge in [0.05, 0.1) is 5.56 Å². The van der Waals surface area contributed by atoms with Crippen molar-refractivity contribution in [2.45, 2.75) is 91.9 Å². The van der Waals surface area contributed by atoms with Crippen LogP contribution in [0.5, 0.6) is 0 Å². The molecule has 0 saturated carbocycles. The van der Waals surface area contributed by atoms with E-state index in [1.165, 1.54) is 43.2 Å². The summed E-state index contributed by atoms with van der Waals surface area (Å²) in [6.07, 6.45) is 11.5. The van der Waals surface area contributed by atoms with Crippen molar-refractivity contribution >= 4 is 5.97 Å². The zero-order valence-electron chi connectivity index (χ0n) is 16.2. The van der Waals surface area contributed by atoms with Gasteiger partial charge in [0.1, 0.15) is 0 Å². The van der Waals surface area contributed by atoms with Crippen LogP contribution in [0.3, 0.4) is 0 Å². The zero-order chi connectivity index (χ0) is 17.9. The van der Waals surface area contributed by atoms with Crippen molar-refractivity contribution in [2.24, 2.45) is 5.92 Å². The predicted molar refractivity (Wildman–Crippen MR) is 103 cm³/mol. The molecule has 24 heavy (non-hydrogen) atoms. The summed E-state index contributed by atoms with van der Waals surface area (Å²) in [6, 6.07) is 3.86. The molecule has 1 rings (SSSR count). The van der Waals surface area contributed by atoms with Crippen molar-refractivity contribution in [3.63, 3.8) is 0 Å². The van der Waals surface area contributed by atoms with E-state index in [9.17, 15) is 9.90 Å². The minimum atomic E-state index is -0.777. The number of hydrogen-bond acceptors (Lipinski definition) is 1. The summed E-state index contributed by atoms with van der Waals surface area (Å²) in [5, 5.41) is 9.59. The van der Waals surface area contributed by atoms with Gasteiger partial charge in [-0.1, -0.05) is 72.3 Å². The number of benzene rings is 1. The minimum Gasteiger partial charge on any atom is -0.478 e. The number of hydrogen-bond donors (Lipinski definition) is 1. The minimum absolute atomic E-state index is 0.522. The average molecular weight is 333 g/mol. The number of aryl methyl sites for hydroxylation is 1. The van der Waals surface area contributed by atoms with E-state index in [1.54, 1.807) is 0 Å². The summed E-state index contributed by atoms with van der Waals surface area (Å²) in [5.41, 5.74) is 4.29. The van der Waals surface area contributed by atoms with Gasteiger partial charge in [-0.05, 0) is 54.4 Å². The molecule has 0 radical (unpaired) electrons. The van der Waals surface area contributed by atoms with Crippen molar-refractivity contribution in [1.82, 2.24) is 0 Å². The summed E-state index contributed by atoms with van der Waals surface area (Å²) in [5.74, 6) is -0.155. The normalized spacial score (nSPS) is 12.3. The van der Waals surface area contributed by atoms with Crippen LogP contribution in [-0.2, 0) is 19.3 Å². The van der Waals surface area contributed by atoms with Crippen molar-refractivity contribution in [3.05, 3.63) is 34.4 Å². The molecular weight excluding hydrogens is 296 g/mol. The lowest BCUT2D eigenvalue weighted by atomic mass is 9.85. The van der Waals surface area contributed by atoms with Crippen LogP contribution in [0.15, 0.2) is 12.1 Å². The molecule has 2 nitrogen and oxygen atoms in total. The summed E-state index contributed by atoms with van der Waals surface area (Å²) in [4.78, 5) is 11.7. The number of unbranched alkanes of at least 4 members (excludes halogenated alkanes) is 4. The van der Waals surface area contributed by atoms with Crippen LogP contribution in [0.2, 0.25) is 0 Å². The molecule has 1 atom stereocenters. The first kappa shape index (κ1) is 20.7. The Morgan fingerprint density at radius 2 is 1.71 bits per heavy atom. The number of carbonyl (C=O) groups is 1. The molecule has 136 valence electrons. The maximum absolute atomic E-state index is 11.7. The van der Waals surface area contributed by atoms with Gasteiger partial charge in [0.25, 0.3) is 0 Å². The van der Waals surface area contributed by atoms with Crippen LogP contribution in [0.1, 0.15) is 99.7 Å². The third kappa shape index (κ3) is 6.30. The van der Waals surface area contributed by atoms with Gasteiger partial charge in [-0.2, -0.15) is 0 Å². The maximum Gasteiger partial charge on any atom is 0.335 e. The monoisotopic (exact) mass is 332 g/mol. The predicted octanol–water partition coefficient (Wildman–Crippen LogP) is 6.44. The fraction of sp³-hybridized carbons (Fsp3) is 0.682. The average Bonchev–Trinajstić information content (AvgIpc) is 2.57. The molecule has 1 unspecified atom stereocenters. The smallest absolute Gasteiger partial charge is 0.335 e. The molecule has 1 aromatic rings. The second-order valence-electron chi connectivity index (χ2n) is 7.15. The fourth-order valence-electron chi connectivity index (χ4n) is 3.54. The van der Waals surface area contributed by atoms with Crippen molar-refractivity contribution in [2.75, 3.05) is 0 Å². The summed E-state index contributed by atoms with van der Waals surface area (Å²) in [6.45, 7) is 8.91. The van der Waals surface area contributed by atoms with Gasteiger partial charge in [-0.25, -0.2) is 4.79 Å². The Kier molecular flexibility index (Phi) is 9.75. The van der Waals surface area contributed by atoms with Crippen molar-refractivity contribution in [3.8, 4) is 0 Å². The molecule has 2 heteroatoms. The Morgan fingerprint density at radius 1 is 1.00 bits per heavy atom. The Labute approximate surface area is 148 Å². The maximum atomic E-state index is 11.7. The summed E-state index contributed by atoms with van der Waals surface area (Å²) >= 11 is 0. The number of rotatable bonds is 12. The van der Waals surface area contributed by atoms with Crippen LogP contribution >= 0.6 is 0 Å². The molecule has 1 aromatic carbocycles. The van der Waals surface area contributed by atoms with E-state index in [2.05, 4.69) is 27.7 Å². The molecular formula is C22H36O2. The van der Waals surface area contributed by atoms with Crippen LogP contribution < -0.4 is 0 Å². The first-order valence-electron chi connectivity index (χ1n) is 9.91. The molecule has 0 aliphatic heterocycles. The zero-order valence-corrected chi connectivity index (χ0v) is 16.2. The Balaban J connectivity index is 2.99. The fourth-order valence-corrected chi connectivity index (χ4v) is 3.54. The van der Waals surface area contributed by atoms with E-state index in [1.807, 2.05) is 12.1 Å². The highest BCUT2D eigenvalue weighted by Gasteiger charge is 2.18. The van der Waals surface area contributed by atoms with Gasteiger partial charge in [-0.3, -0.25) is 0 Å². The Hall–Kier alpha value is -1.31. The molecule has 0 amide bonds. The van der Waals surface area contributed by atoms with Gasteiger partial charge in [0, 0.05) is 0 Å². The van der Waals surface area contributed by atoms with Gasteiger partial charge >= 0.3 is 5.97 Å². The Morgan fingerprint density at radius 3 is 2.29 bits per heavy atom. The first-order chi connectivity index (χ1) is 11.5. The molecule has 0 aromatic heterocycles. The second-order valence-corrected chi connectivity index (χ2v) is 7.15. The SMILES string of the molecule is CCCCCCC(C)Cc1c(CC)ccc(C(=O)O)c1CCCC. The second kappa shape index (κ2) is 11.3. The number of carboxylic acid groups (broad SMARTS) is 1.